The molecule has 0 radical (unpaired) electrons. The Bertz CT molecular complexity index is 988. The van der Waals surface area contributed by atoms with E-state index in [9.17, 15) is 19.5 Å². The molecule has 3 aliphatic heterocycles. The summed E-state index contributed by atoms with van der Waals surface area (Å²) in [5.41, 5.74) is 0.644. The van der Waals surface area contributed by atoms with Crippen molar-refractivity contribution in [3.05, 3.63) is 24.3 Å². The summed E-state index contributed by atoms with van der Waals surface area (Å²) in [6, 6.07) is 6.00. The Morgan fingerprint density at radius 2 is 1.92 bits per heavy atom. The van der Waals surface area contributed by atoms with Gasteiger partial charge in [-0.1, -0.05) is 19.8 Å². The quantitative estimate of drug-likeness (QED) is 0.389. The van der Waals surface area contributed by atoms with Crippen molar-refractivity contribution in [3.63, 3.8) is 0 Å². The molecule has 8 nitrogen and oxygen atoms in total. The molecular weight excluding hydrogens is 478 g/mol. The number of benzene rings is 1. The number of aliphatic hydroxyl groups excluding tert-OH is 1. The lowest BCUT2D eigenvalue weighted by molar-refractivity contribution is -0.142. The zero-order chi connectivity index (χ0) is 26.1. The zero-order valence-corrected chi connectivity index (χ0v) is 22.5. The van der Waals surface area contributed by atoms with E-state index in [-0.39, 0.29) is 24.3 Å². The predicted molar refractivity (Wildman–Crippen MR) is 141 cm³/mol. The number of likely N-dealkylation sites (tertiary alicyclic amines) is 1. The molecule has 3 heterocycles. The summed E-state index contributed by atoms with van der Waals surface area (Å²) in [6.07, 6.45) is 4.40. The van der Waals surface area contributed by atoms with Crippen LogP contribution in [0.1, 0.15) is 59.8 Å². The minimum atomic E-state index is -0.700. The summed E-state index contributed by atoms with van der Waals surface area (Å²) in [4.78, 5) is 42.7. The normalized spacial score (nSPS) is 31.3. The number of anilines is 1. The van der Waals surface area contributed by atoms with E-state index in [1.54, 1.807) is 35.7 Å². The maximum absolute atomic E-state index is 13.9. The fourth-order valence-electron chi connectivity index (χ4n) is 6.33. The number of nitrogens with one attached hydrogen (secondary N) is 2. The number of ether oxygens (including phenoxy) is 1. The molecule has 2 bridgehead atoms. The number of amides is 3. The maximum atomic E-state index is 13.9. The highest BCUT2D eigenvalue weighted by Crippen LogP contribution is 2.71. The van der Waals surface area contributed by atoms with Crippen LogP contribution in [0.3, 0.4) is 0 Å². The zero-order valence-electron chi connectivity index (χ0n) is 21.7. The standard InChI is InChI=1S/C27H39N3O5S/c1-5-7-8-15-28-24(33)22-27-14-13-26(4,36-27)20(21(27)25(34)30(22)17(3)16-31)23(32)29-18-9-11-19(12-10-18)35-6-2/h9-12,17,20-22,31H,5-8,13-16H2,1-4H3,(H,28,33)(H,29,32)/t17-,20-,21+,22?,26+,27?/m1/s1. The first-order chi connectivity index (χ1) is 17.2. The van der Waals surface area contributed by atoms with Crippen molar-refractivity contribution >= 4 is 35.2 Å². The number of hydrogen-bond acceptors (Lipinski definition) is 6. The molecule has 4 rings (SSSR count). The van der Waals surface area contributed by atoms with E-state index in [2.05, 4.69) is 24.5 Å². The van der Waals surface area contributed by atoms with Crippen molar-refractivity contribution in [2.75, 3.05) is 25.1 Å². The monoisotopic (exact) mass is 517 g/mol. The Hall–Kier alpha value is -2.26. The molecular formula is C27H39N3O5S. The fourth-order valence-corrected chi connectivity index (χ4v) is 8.67. The smallest absolute Gasteiger partial charge is 0.244 e. The third-order valence-corrected chi connectivity index (χ3v) is 9.98. The minimum absolute atomic E-state index is 0.174. The van der Waals surface area contributed by atoms with Crippen molar-refractivity contribution in [3.8, 4) is 5.75 Å². The lowest BCUT2D eigenvalue weighted by Crippen LogP contribution is -2.56. The molecule has 6 atom stereocenters. The average molecular weight is 518 g/mol. The Morgan fingerprint density at radius 3 is 2.56 bits per heavy atom. The first kappa shape index (κ1) is 26.8. The number of aliphatic hydroxyl groups is 1. The van der Waals surface area contributed by atoms with Gasteiger partial charge in [0.2, 0.25) is 17.7 Å². The van der Waals surface area contributed by atoms with E-state index in [0.717, 1.165) is 31.4 Å². The fraction of sp³-hybridized carbons (Fsp3) is 0.667. The molecule has 36 heavy (non-hydrogen) atoms. The van der Waals surface area contributed by atoms with Crippen LogP contribution in [0.2, 0.25) is 0 Å². The summed E-state index contributed by atoms with van der Waals surface area (Å²) < 4.78 is 4.37. The molecule has 198 valence electrons. The summed E-state index contributed by atoms with van der Waals surface area (Å²) in [5.74, 6) is -1.02. The predicted octanol–water partition coefficient (Wildman–Crippen LogP) is 3.19. The van der Waals surface area contributed by atoms with Gasteiger partial charge in [0.25, 0.3) is 0 Å². The van der Waals surface area contributed by atoms with Crippen molar-refractivity contribution in [2.24, 2.45) is 11.8 Å². The van der Waals surface area contributed by atoms with Crippen molar-refractivity contribution in [1.29, 1.82) is 0 Å². The molecule has 3 saturated heterocycles. The molecule has 3 N–H and O–H groups in total. The first-order valence-corrected chi connectivity index (χ1v) is 14.0. The molecule has 3 amide bonds. The van der Waals surface area contributed by atoms with Crippen LogP contribution in [-0.4, -0.2) is 69.1 Å². The molecule has 3 aliphatic rings. The first-order valence-electron chi connectivity index (χ1n) is 13.2. The molecule has 1 aromatic carbocycles. The molecule has 0 aromatic heterocycles. The summed E-state index contributed by atoms with van der Waals surface area (Å²) in [7, 11) is 0. The van der Waals surface area contributed by atoms with E-state index in [1.807, 2.05) is 19.1 Å². The van der Waals surface area contributed by atoms with E-state index >= 15 is 0 Å². The Labute approximate surface area is 217 Å². The lowest BCUT2D eigenvalue weighted by atomic mass is 9.66. The molecule has 3 fully saturated rings. The van der Waals surface area contributed by atoms with Crippen LogP contribution in [0.15, 0.2) is 24.3 Å². The number of thioether (sulfide) groups is 1. The van der Waals surface area contributed by atoms with Gasteiger partial charge in [-0.3, -0.25) is 14.4 Å². The second-order valence-electron chi connectivity index (χ2n) is 10.4. The van der Waals surface area contributed by atoms with E-state index in [4.69, 9.17) is 4.74 Å². The van der Waals surface area contributed by atoms with E-state index in [1.165, 1.54) is 0 Å². The average Bonchev–Trinajstić information content (AvgIpc) is 3.43. The van der Waals surface area contributed by atoms with E-state index < -0.39 is 33.4 Å². The van der Waals surface area contributed by atoms with Gasteiger partial charge in [0.15, 0.2) is 0 Å². The van der Waals surface area contributed by atoms with Crippen molar-refractivity contribution in [1.82, 2.24) is 10.2 Å². The van der Waals surface area contributed by atoms with Crippen LogP contribution in [0.25, 0.3) is 0 Å². The number of carbonyl (C=O) groups excluding carboxylic acids is 3. The summed E-state index contributed by atoms with van der Waals surface area (Å²) >= 11 is 1.64. The van der Waals surface area contributed by atoms with Gasteiger partial charge in [0.05, 0.1) is 35.8 Å². The minimum Gasteiger partial charge on any atom is -0.494 e. The van der Waals surface area contributed by atoms with Crippen LogP contribution < -0.4 is 15.4 Å². The van der Waals surface area contributed by atoms with E-state index in [0.29, 0.717) is 25.3 Å². The van der Waals surface area contributed by atoms with Gasteiger partial charge in [-0.15, -0.1) is 11.8 Å². The van der Waals surface area contributed by atoms with Crippen molar-refractivity contribution in [2.45, 2.75) is 81.4 Å². The number of rotatable bonds is 11. The molecule has 2 unspecified atom stereocenters. The number of carbonyl (C=O) groups is 3. The van der Waals surface area contributed by atoms with Gasteiger partial charge in [0, 0.05) is 17.0 Å². The summed E-state index contributed by atoms with van der Waals surface area (Å²) in [6.45, 7) is 8.72. The Balaban J connectivity index is 1.61. The van der Waals surface area contributed by atoms with Gasteiger partial charge in [-0.2, -0.15) is 0 Å². The van der Waals surface area contributed by atoms with Crippen LogP contribution >= 0.6 is 11.8 Å². The molecule has 0 aliphatic carbocycles. The second kappa shape index (κ2) is 10.6. The van der Waals surface area contributed by atoms with Crippen LogP contribution in [0.5, 0.6) is 5.75 Å². The Kier molecular flexibility index (Phi) is 7.90. The van der Waals surface area contributed by atoms with Crippen molar-refractivity contribution < 1.29 is 24.2 Å². The molecule has 1 spiro atoms. The molecule has 1 aromatic rings. The number of fused-ring (bicyclic) bond motifs is 1. The van der Waals surface area contributed by atoms with Gasteiger partial charge in [-0.25, -0.2) is 0 Å². The van der Waals surface area contributed by atoms with Gasteiger partial charge < -0.3 is 25.4 Å². The highest BCUT2D eigenvalue weighted by atomic mass is 32.2. The third-order valence-electron chi connectivity index (χ3n) is 8.00. The molecule has 9 heteroatoms. The van der Waals surface area contributed by atoms with Crippen LogP contribution in [0, 0.1) is 11.8 Å². The summed E-state index contributed by atoms with van der Waals surface area (Å²) in [5, 5.41) is 16.0. The van der Waals surface area contributed by atoms with Gasteiger partial charge in [-0.05, 0) is 64.3 Å². The lowest BCUT2D eigenvalue weighted by Gasteiger charge is -2.36. The number of unbranched alkanes of at least 4 members (excludes halogenated alkanes) is 2. The third kappa shape index (κ3) is 4.49. The van der Waals surface area contributed by atoms with Crippen LogP contribution in [0.4, 0.5) is 5.69 Å². The van der Waals surface area contributed by atoms with Crippen LogP contribution in [-0.2, 0) is 14.4 Å². The largest absolute Gasteiger partial charge is 0.494 e. The van der Waals surface area contributed by atoms with Gasteiger partial charge >= 0.3 is 0 Å². The Morgan fingerprint density at radius 1 is 1.19 bits per heavy atom. The maximum Gasteiger partial charge on any atom is 0.244 e. The number of hydrogen-bond donors (Lipinski definition) is 3. The SMILES string of the molecule is CCCCCNC(=O)C1N([C@H](C)CO)C(=O)[C@@H]2[C@H](C(=O)Nc3ccc(OCC)cc3)[C@]3(C)CCC12S3. The topological polar surface area (TPSA) is 108 Å². The molecule has 0 saturated carbocycles. The van der Waals surface area contributed by atoms with Gasteiger partial charge in [0.1, 0.15) is 11.8 Å². The highest BCUT2D eigenvalue weighted by Gasteiger charge is 2.77. The highest BCUT2D eigenvalue weighted by molar-refractivity contribution is 8.02. The number of nitrogens with zero attached hydrogens (tertiary/aromatic N) is 1. The second-order valence-corrected chi connectivity index (χ2v) is 12.3.